The lowest BCUT2D eigenvalue weighted by atomic mass is 9.61. The number of likely N-dealkylation sites (N-methyl/N-ethyl adjacent to an activating group) is 1. The summed E-state index contributed by atoms with van der Waals surface area (Å²) in [7, 11) is 2.00. The molecule has 31 heavy (non-hydrogen) atoms. The van der Waals surface area contributed by atoms with Gasteiger partial charge in [-0.1, -0.05) is 52.9 Å². The molecule has 0 aromatic heterocycles. The molecule has 1 heterocycles. The number of nitrogens with one attached hydrogen (secondary N) is 1. The molecule has 0 aromatic carbocycles. The van der Waals surface area contributed by atoms with Gasteiger partial charge in [-0.2, -0.15) is 5.26 Å². The molecule has 0 amide bonds. The molecular weight excluding hydrogens is 386 g/mol. The van der Waals surface area contributed by atoms with E-state index in [0.717, 1.165) is 25.2 Å². The van der Waals surface area contributed by atoms with E-state index < -0.39 is 12.0 Å². The van der Waals surface area contributed by atoms with Crippen LogP contribution in [0.3, 0.4) is 0 Å². The summed E-state index contributed by atoms with van der Waals surface area (Å²) in [6, 6.07) is 2.59. The summed E-state index contributed by atoms with van der Waals surface area (Å²) < 4.78 is 0. The van der Waals surface area contributed by atoms with Crippen molar-refractivity contribution in [1.82, 2.24) is 10.2 Å². The van der Waals surface area contributed by atoms with E-state index in [4.69, 9.17) is 0 Å². The number of fused-ring (bicyclic) bond motifs is 1. The summed E-state index contributed by atoms with van der Waals surface area (Å²) in [4.78, 5) is 14.1. The van der Waals surface area contributed by atoms with Crippen molar-refractivity contribution in [3.8, 4) is 6.07 Å². The normalized spacial score (nSPS) is 37.3. The average molecular weight is 432 g/mol. The van der Waals surface area contributed by atoms with Gasteiger partial charge in [0.2, 0.25) is 0 Å². The number of hydrogen-bond acceptors (Lipinski definition) is 4. The van der Waals surface area contributed by atoms with E-state index in [1.165, 1.54) is 51.4 Å². The van der Waals surface area contributed by atoms with Crippen molar-refractivity contribution in [2.45, 2.75) is 110 Å². The van der Waals surface area contributed by atoms with Gasteiger partial charge in [-0.25, -0.2) is 0 Å². The molecule has 3 aliphatic rings. The minimum Gasteiger partial charge on any atom is -0.480 e. The zero-order valence-corrected chi connectivity index (χ0v) is 20.2. The number of unbranched alkanes of at least 4 members (excludes halogenated alkanes) is 1. The first-order chi connectivity index (χ1) is 14.8. The molecule has 0 spiro atoms. The number of nitrogens with zero attached hydrogens (tertiary/aromatic N) is 2. The van der Waals surface area contributed by atoms with E-state index in [0.29, 0.717) is 23.8 Å². The predicted octanol–water partition coefficient (Wildman–Crippen LogP) is 5.27. The maximum atomic E-state index is 12.0. The highest BCUT2D eigenvalue weighted by atomic mass is 16.4. The first-order valence-electron chi connectivity index (χ1n) is 13.0. The molecule has 2 N–H and O–H groups in total. The van der Waals surface area contributed by atoms with Crippen LogP contribution < -0.4 is 5.32 Å². The van der Waals surface area contributed by atoms with Crippen molar-refractivity contribution < 1.29 is 9.90 Å². The van der Waals surface area contributed by atoms with Crippen LogP contribution >= 0.6 is 0 Å². The molecule has 5 heteroatoms. The minimum absolute atomic E-state index is 0.0721. The standard InChI is InChI=1S/C26H45N3O2/c1-5-6-8-18-11-12-23-22(14-18)21(20-10-7-9-19(13-20)16-27)15-24(28-23)29(4)25(17(2)3)26(30)31/h17-25,28H,5-15H2,1-4H3,(H,30,31). The lowest BCUT2D eigenvalue weighted by molar-refractivity contribution is -0.147. The Kier molecular flexibility index (Phi) is 8.82. The molecular formula is C26H45N3O2. The van der Waals surface area contributed by atoms with E-state index >= 15 is 0 Å². The molecule has 2 saturated carbocycles. The maximum Gasteiger partial charge on any atom is 0.321 e. The lowest BCUT2D eigenvalue weighted by Gasteiger charge is -2.53. The summed E-state index contributed by atoms with van der Waals surface area (Å²) in [5, 5.41) is 23.4. The fourth-order valence-electron chi connectivity index (χ4n) is 7.16. The van der Waals surface area contributed by atoms with Crippen molar-refractivity contribution in [1.29, 1.82) is 5.26 Å². The third-order valence-electron chi connectivity index (χ3n) is 8.74. The largest absolute Gasteiger partial charge is 0.480 e. The van der Waals surface area contributed by atoms with Gasteiger partial charge >= 0.3 is 5.97 Å². The van der Waals surface area contributed by atoms with Crippen molar-refractivity contribution >= 4 is 5.97 Å². The zero-order valence-electron chi connectivity index (χ0n) is 20.2. The highest BCUT2D eigenvalue weighted by Gasteiger charge is 2.46. The molecule has 1 saturated heterocycles. The fourth-order valence-corrected chi connectivity index (χ4v) is 7.16. The Labute approximate surface area is 190 Å². The number of rotatable bonds is 8. The molecule has 176 valence electrons. The van der Waals surface area contributed by atoms with Crippen molar-refractivity contribution in [3.05, 3.63) is 0 Å². The van der Waals surface area contributed by atoms with Crippen molar-refractivity contribution in [3.63, 3.8) is 0 Å². The van der Waals surface area contributed by atoms with Crippen LogP contribution in [-0.2, 0) is 4.79 Å². The second-order valence-corrected chi connectivity index (χ2v) is 11.1. The third kappa shape index (κ3) is 5.82. The third-order valence-corrected chi connectivity index (χ3v) is 8.74. The van der Waals surface area contributed by atoms with E-state index in [1.54, 1.807) is 0 Å². The SMILES string of the molecule is CCCCC1CCC2NC(N(C)C(C(=O)O)C(C)C)CC(C3CCCC(C#N)C3)C2C1. The molecule has 1 aliphatic heterocycles. The Bertz CT molecular complexity index is 631. The molecule has 5 nitrogen and oxygen atoms in total. The Morgan fingerprint density at radius 1 is 1.16 bits per heavy atom. The van der Waals surface area contributed by atoms with Crippen molar-refractivity contribution in [2.75, 3.05) is 7.05 Å². The summed E-state index contributed by atoms with van der Waals surface area (Å²) in [5.74, 6) is 2.33. The highest BCUT2D eigenvalue weighted by Crippen LogP contribution is 2.48. The molecule has 8 atom stereocenters. The molecule has 0 bridgehead atoms. The van der Waals surface area contributed by atoms with Gasteiger partial charge < -0.3 is 5.11 Å². The van der Waals surface area contributed by atoms with Crippen LogP contribution in [0.15, 0.2) is 0 Å². The van der Waals surface area contributed by atoms with Crippen LogP contribution in [0.25, 0.3) is 0 Å². The molecule has 2 aliphatic carbocycles. The number of carboxylic acids is 1. The van der Waals surface area contributed by atoms with E-state index in [-0.39, 0.29) is 18.0 Å². The Morgan fingerprint density at radius 2 is 1.94 bits per heavy atom. The number of piperidine rings is 1. The zero-order chi connectivity index (χ0) is 22.5. The van der Waals surface area contributed by atoms with Gasteiger partial charge in [0.15, 0.2) is 0 Å². The molecule has 0 radical (unpaired) electrons. The first kappa shape index (κ1) is 24.5. The average Bonchev–Trinajstić information content (AvgIpc) is 2.76. The second-order valence-electron chi connectivity index (χ2n) is 11.1. The topological polar surface area (TPSA) is 76.4 Å². The summed E-state index contributed by atoms with van der Waals surface area (Å²) in [6.45, 7) is 6.31. The van der Waals surface area contributed by atoms with Crippen LogP contribution in [0.4, 0.5) is 0 Å². The van der Waals surface area contributed by atoms with Gasteiger partial charge in [-0.15, -0.1) is 0 Å². The monoisotopic (exact) mass is 431 g/mol. The van der Waals surface area contributed by atoms with Gasteiger partial charge in [0.05, 0.1) is 12.2 Å². The smallest absolute Gasteiger partial charge is 0.321 e. The fraction of sp³-hybridized carbons (Fsp3) is 0.923. The molecule has 3 rings (SSSR count). The Morgan fingerprint density at radius 3 is 2.58 bits per heavy atom. The van der Waals surface area contributed by atoms with Crippen LogP contribution in [0.1, 0.15) is 91.4 Å². The number of carboxylic acid groups (broad SMARTS) is 1. The Balaban J connectivity index is 1.80. The number of nitriles is 1. The summed E-state index contributed by atoms with van der Waals surface area (Å²) in [6.07, 6.45) is 13.5. The summed E-state index contributed by atoms with van der Waals surface area (Å²) in [5.41, 5.74) is 0. The van der Waals surface area contributed by atoms with E-state index in [2.05, 4.69) is 23.2 Å². The van der Waals surface area contributed by atoms with Crippen LogP contribution in [0.2, 0.25) is 0 Å². The first-order valence-corrected chi connectivity index (χ1v) is 13.0. The highest BCUT2D eigenvalue weighted by molar-refractivity contribution is 5.73. The van der Waals surface area contributed by atoms with Crippen LogP contribution in [0.5, 0.6) is 0 Å². The molecule has 3 fully saturated rings. The summed E-state index contributed by atoms with van der Waals surface area (Å²) >= 11 is 0. The molecule has 8 unspecified atom stereocenters. The number of aliphatic carboxylic acids is 1. The minimum atomic E-state index is -0.719. The van der Waals surface area contributed by atoms with Crippen LogP contribution in [0, 0.1) is 46.8 Å². The Hall–Kier alpha value is -1.12. The van der Waals surface area contributed by atoms with Gasteiger partial charge in [0.25, 0.3) is 0 Å². The second kappa shape index (κ2) is 11.1. The maximum absolute atomic E-state index is 12.0. The lowest BCUT2D eigenvalue weighted by Crippen LogP contribution is -2.63. The van der Waals surface area contributed by atoms with E-state index in [1.807, 2.05) is 20.9 Å². The molecule has 0 aromatic rings. The predicted molar refractivity (Wildman–Crippen MR) is 124 cm³/mol. The van der Waals surface area contributed by atoms with E-state index in [9.17, 15) is 15.2 Å². The van der Waals surface area contributed by atoms with Gasteiger partial charge in [0.1, 0.15) is 6.04 Å². The number of carbonyl (C=O) groups is 1. The van der Waals surface area contributed by atoms with Gasteiger partial charge in [0, 0.05) is 12.0 Å². The van der Waals surface area contributed by atoms with Crippen LogP contribution in [-0.4, -0.2) is 41.3 Å². The van der Waals surface area contributed by atoms with Gasteiger partial charge in [-0.05, 0) is 75.2 Å². The quantitative estimate of drug-likeness (QED) is 0.547. The number of hydrogen-bond donors (Lipinski definition) is 2. The van der Waals surface area contributed by atoms with Gasteiger partial charge in [-0.3, -0.25) is 15.0 Å². The van der Waals surface area contributed by atoms with Crippen molar-refractivity contribution in [2.24, 2.45) is 35.5 Å².